The highest BCUT2D eigenvalue weighted by Crippen LogP contribution is 2.42. The van der Waals surface area contributed by atoms with E-state index in [1.54, 1.807) is 37.3 Å². The summed E-state index contributed by atoms with van der Waals surface area (Å²) >= 11 is 3.54. The molecule has 0 bridgehead atoms. The summed E-state index contributed by atoms with van der Waals surface area (Å²) in [4.78, 5) is 25.4. The summed E-state index contributed by atoms with van der Waals surface area (Å²) in [6, 6.07) is 5.13. The number of carbonyl (C=O) groups excluding carboxylic acids is 1. The molecule has 0 radical (unpaired) electrons. The molecule has 0 unspecified atom stereocenters. The molecule has 1 saturated heterocycles. The van der Waals surface area contributed by atoms with E-state index in [9.17, 15) is 4.79 Å². The number of piperazine rings is 1. The van der Waals surface area contributed by atoms with Gasteiger partial charge in [0.1, 0.15) is 5.82 Å². The van der Waals surface area contributed by atoms with Gasteiger partial charge >= 0.3 is 0 Å². The number of fused-ring (bicyclic) bond motifs is 1. The molecule has 1 fully saturated rings. The summed E-state index contributed by atoms with van der Waals surface area (Å²) in [5.74, 6) is 2.16. The molecule has 1 amide bonds. The third-order valence-electron chi connectivity index (χ3n) is 4.88. The van der Waals surface area contributed by atoms with Crippen molar-refractivity contribution in [3.63, 3.8) is 0 Å². The average molecular weight is 462 g/mol. The van der Waals surface area contributed by atoms with E-state index in [1.807, 2.05) is 4.90 Å². The number of carbonyl (C=O) groups is 1. The lowest BCUT2D eigenvalue weighted by Gasteiger charge is -2.34. The Labute approximate surface area is 175 Å². The van der Waals surface area contributed by atoms with Crippen LogP contribution in [0.25, 0.3) is 10.9 Å². The number of nitrogens with zero attached hydrogens (tertiary/aromatic N) is 4. The van der Waals surface area contributed by atoms with E-state index in [2.05, 4.69) is 20.9 Å². The Morgan fingerprint density at radius 1 is 1.21 bits per heavy atom. The van der Waals surface area contributed by atoms with E-state index in [1.165, 1.54) is 6.26 Å². The van der Waals surface area contributed by atoms with E-state index in [0.717, 1.165) is 0 Å². The molecule has 1 aromatic carbocycles. The number of ether oxygens (including phenoxy) is 2. The highest BCUT2D eigenvalue weighted by atomic mass is 79.9. The van der Waals surface area contributed by atoms with Gasteiger partial charge in [-0.15, -0.1) is 0 Å². The Hall–Kier alpha value is -3.01. The second-order valence-corrected chi connectivity index (χ2v) is 7.28. The lowest BCUT2D eigenvalue weighted by atomic mass is 10.2. The van der Waals surface area contributed by atoms with E-state index < -0.39 is 0 Å². The molecule has 4 rings (SSSR count). The van der Waals surface area contributed by atoms with Crippen molar-refractivity contribution in [3.8, 4) is 11.5 Å². The molecule has 10 heteroatoms. The van der Waals surface area contributed by atoms with Crippen LogP contribution in [0.3, 0.4) is 0 Å². The molecule has 0 atom stereocenters. The van der Waals surface area contributed by atoms with Crippen molar-refractivity contribution in [3.05, 3.63) is 34.7 Å². The molecule has 1 aliphatic heterocycles. The molecular formula is C19H20BrN5O4. The number of furan rings is 1. The molecule has 9 nitrogen and oxygen atoms in total. The lowest BCUT2D eigenvalue weighted by Crippen LogP contribution is -2.49. The maximum absolute atomic E-state index is 12.4. The number of halogens is 1. The van der Waals surface area contributed by atoms with Crippen molar-refractivity contribution in [2.75, 3.05) is 51.0 Å². The molecule has 29 heavy (non-hydrogen) atoms. The summed E-state index contributed by atoms with van der Waals surface area (Å²) in [6.45, 7) is 2.24. The topological polar surface area (TPSA) is 107 Å². The van der Waals surface area contributed by atoms with Gasteiger partial charge in [-0.2, -0.15) is 4.98 Å². The smallest absolute Gasteiger partial charge is 0.289 e. The van der Waals surface area contributed by atoms with Crippen LogP contribution in [0, 0.1) is 0 Å². The average Bonchev–Trinajstić information content (AvgIpc) is 3.28. The van der Waals surface area contributed by atoms with Gasteiger partial charge in [-0.05, 0) is 34.1 Å². The minimum Gasteiger partial charge on any atom is -0.493 e. The third kappa shape index (κ3) is 3.44. The van der Waals surface area contributed by atoms with E-state index in [4.69, 9.17) is 24.6 Å². The lowest BCUT2D eigenvalue weighted by molar-refractivity contribution is 0.0714. The predicted octanol–water partition coefficient (Wildman–Crippen LogP) is 2.55. The summed E-state index contributed by atoms with van der Waals surface area (Å²) < 4.78 is 16.7. The van der Waals surface area contributed by atoms with Crippen LogP contribution in [-0.2, 0) is 0 Å². The number of nitrogen functional groups attached to an aromatic ring is 1. The summed E-state index contributed by atoms with van der Waals surface area (Å²) in [5, 5.41) is 0.671. The van der Waals surface area contributed by atoms with Gasteiger partial charge in [-0.25, -0.2) is 4.98 Å². The van der Waals surface area contributed by atoms with E-state index in [-0.39, 0.29) is 5.91 Å². The monoisotopic (exact) mass is 461 g/mol. The maximum atomic E-state index is 12.4. The summed E-state index contributed by atoms with van der Waals surface area (Å²) in [7, 11) is 3.13. The molecule has 1 aliphatic rings. The van der Waals surface area contributed by atoms with Gasteiger partial charge in [0.15, 0.2) is 17.3 Å². The molecule has 3 aromatic rings. The Kier molecular flexibility index (Phi) is 5.18. The fourth-order valence-corrected chi connectivity index (χ4v) is 4.00. The number of amides is 1. The number of methoxy groups -OCH3 is 2. The van der Waals surface area contributed by atoms with Crippen LogP contribution < -0.4 is 20.1 Å². The van der Waals surface area contributed by atoms with Gasteiger partial charge < -0.3 is 29.4 Å². The Balaban J connectivity index is 1.60. The van der Waals surface area contributed by atoms with Crippen molar-refractivity contribution in [1.82, 2.24) is 14.9 Å². The first-order valence-electron chi connectivity index (χ1n) is 8.99. The molecule has 2 N–H and O–H groups in total. The van der Waals surface area contributed by atoms with Crippen LogP contribution in [-0.4, -0.2) is 61.2 Å². The highest BCUT2D eigenvalue weighted by molar-refractivity contribution is 9.10. The quantitative estimate of drug-likeness (QED) is 0.631. The Bertz CT molecular complexity index is 1050. The number of aromatic nitrogens is 2. The zero-order valence-electron chi connectivity index (χ0n) is 16.0. The summed E-state index contributed by atoms with van der Waals surface area (Å²) in [5.41, 5.74) is 6.85. The molecule has 2 aromatic heterocycles. The van der Waals surface area contributed by atoms with E-state index >= 15 is 0 Å². The second kappa shape index (κ2) is 7.78. The zero-order chi connectivity index (χ0) is 20.5. The largest absolute Gasteiger partial charge is 0.493 e. The Morgan fingerprint density at radius 2 is 1.97 bits per heavy atom. The van der Waals surface area contributed by atoms with Gasteiger partial charge in [-0.3, -0.25) is 4.79 Å². The fraction of sp³-hybridized carbons (Fsp3) is 0.316. The predicted molar refractivity (Wildman–Crippen MR) is 112 cm³/mol. The number of rotatable bonds is 4. The van der Waals surface area contributed by atoms with Gasteiger partial charge in [0.25, 0.3) is 5.91 Å². The van der Waals surface area contributed by atoms with Crippen molar-refractivity contribution in [1.29, 1.82) is 0 Å². The first-order chi connectivity index (χ1) is 14.0. The second-order valence-electron chi connectivity index (χ2n) is 6.49. The summed E-state index contributed by atoms with van der Waals surface area (Å²) in [6.07, 6.45) is 1.50. The number of hydrogen-bond donors (Lipinski definition) is 1. The molecule has 0 aliphatic carbocycles. The number of nitrogens with two attached hydrogens (primary N) is 1. The van der Waals surface area contributed by atoms with E-state index in [0.29, 0.717) is 70.6 Å². The van der Waals surface area contributed by atoms with Crippen LogP contribution >= 0.6 is 15.9 Å². The fourth-order valence-electron chi connectivity index (χ4n) is 3.35. The number of anilines is 2. The van der Waals surface area contributed by atoms with Crippen LogP contribution in [0.2, 0.25) is 0 Å². The van der Waals surface area contributed by atoms with Crippen molar-refractivity contribution < 1.29 is 18.7 Å². The zero-order valence-corrected chi connectivity index (χ0v) is 17.6. The first kappa shape index (κ1) is 19.3. The highest BCUT2D eigenvalue weighted by Gasteiger charge is 2.26. The van der Waals surface area contributed by atoms with Crippen LogP contribution in [0.4, 0.5) is 11.8 Å². The standard InChI is InChI=1S/C19H20BrN5O4/c1-27-13-10-11-15(14(20)16(13)28-2)22-19(23-17(11)21)25-7-5-24(6-8-25)18(26)12-4-3-9-29-12/h3-4,9-10H,5-8H2,1-2H3,(H2,21,22,23). The maximum Gasteiger partial charge on any atom is 0.289 e. The van der Waals surface area contributed by atoms with Crippen molar-refractivity contribution in [2.24, 2.45) is 0 Å². The molecular weight excluding hydrogens is 442 g/mol. The van der Waals surface area contributed by atoms with Gasteiger partial charge in [0.05, 0.1) is 30.5 Å². The molecule has 3 heterocycles. The van der Waals surface area contributed by atoms with Gasteiger partial charge in [-0.1, -0.05) is 0 Å². The molecule has 0 spiro atoms. The minimum atomic E-state index is -0.117. The molecule has 152 valence electrons. The Morgan fingerprint density at radius 3 is 2.59 bits per heavy atom. The van der Waals surface area contributed by atoms with Gasteiger partial charge in [0, 0.05) is 31.6 Å². The number of benzene rings is 1. The first-order valence-corrected chi connectivity index (χ1v) is 9.78. The van der Waals surface area contributed by atoms with Crippen molar-refractivity contribution >= 4 is 44.5 Å². The van der Waals surface area contributed by atoms with Crippen LogP contribution in [0.1, 0.15) is 10.6 Å². The van der Waals surface area contributed by atoms with Crippen LogP contribution in [0.15, 0.2) is 33.4 Å². The normalized spacial score (nSPS) is 14.3. The van der Waals surface area contributed by atoms with Gasteiger partial charge in [0.2, 0.25) is 5.95 Å². The van der Waals surface area contributed by atoms with Crippen LogP contribution in [0.5, 0.6) is 11.5 Å². The van der Waals surface area contributed by atoms with Crippen molar-refractivity contribution in [2.45, 2.75) is 0 Å². The number of hydrogen-bond acceptors (Lipinski definition) is 8. The SMILES string of the molecule is COc1cc2c(N)nc(N3CCN(C(=O)c4ccco4)CC3)nc2c(Br)c1OC. The third-order valence-corrected chi connectivity index (χ3v) is 5.61. The minimum absolute atomic E-state index is 0.117. The molecule has 0 saturated carbocycles.